The minimum absolute atomic E-state index is 0. The Bertz CT molecular complexity index is 733. The second-order valence-electron chi connectivity index (χ2n) is 12.2. The molecule has 3 aliphatic rings. The molecule has 0 aromatic heterocycles. The number of nitrogens with zero attached hydrogens (tertiary/aromatic N) is 2. The number of ether oxygens (including phenoxy) is 3. The summed E-state index contributed by atoms with van der Waals surface area (Å²) in [6.07, 6.45) is 5.26. The summed E-state index contributed by atoms with van der Waals surface area (Å²) in [7, 11) is 0. The van der Waals surface area contributed by atoms with Gasteiger partial charge in [0.15, 0.2) is 5.78 Å². The van der Waals surface area contributed by atoms with Crippen molar-refractivity contribution in [3.63, 3.8) is 0 Å². The van der Waals surface area contributed by atoms with E-state index in [4.69, 9.17) is 14.2 Å². The van der Waals surface area contributed by atoms with Gasteiger partial charge in [-0.25, -0.2) is 9.59 Å². The van der Waals surface area contributed by atoms with Gasteiger partial charge in [0, 0.05) is 26.3 Å². The first kappa shape index (κ1) is 50.7. The van der Waals surface area contributed by atoms with Crippen LogP contribution in [-0.2, 0) is 19.0 Å². The molecule has 0 aromatic carbocycles. The Morgan fingerprint density at radius 2 is 1.15 bits per heavy atom. The number of rotatable bonds is 2. The predicted molar refractivity (Wildman–Crippen MR) is 172 cm³/mol. The number of carbonyl (C=O) groups excluding carboxylic acids is 3. The summed E-state index contributed by atoms with van der Waals surface area (Å²) >= 11 is 0. The third-order valence-electron chi connectivity index (χ3n) is 5.87. The van der Waals surface area contributed by atoms with Crippen molar-refractivity contribution in [2.75, 3.05) is 26.3 Å². The van der Waals surface area contributed by atoms with Crippen molar-refractivity contribution in [3.05, 3.63) is 7.43 Å². The molecule has 9 nitrogen and oxygen atoms in total. The third-order valence-corrected chi connectivity index (χ3v) is 5.87. The molecular formula is C28H57BrMgN2O7S2. The Kier molecular flexibility index (Phi) is 27.9. The molecule has 41 heavy (non-hydrogen) atoms. The zero-order valence-corrected chi connectivity index (χ0v) is 32.1. The summed E-state index contributed by atoms with van der Waals surface area (Å²) in [5, 5.41) is 9.99. The monoisotopic (exact) mass is 700 g/mol. The average molecular weight is 702 g/mol. The molecule has 3 saturated heterocycles. The van der Waals surface area contributed by atoms with E-state index in [-0.39, 0.29) is 105 Å². The fraction of sp³-hybridized carbons (Fsp3) is 0.857. The minimum Gasteiger partial charge on any atom is -1.00 e. The van der Waals surface area contributed by atoms with Gasteiger partial charge in [0.1, 0.15) is 11.2 Å². The Labute approximate surface area is 290 Å². The summed E-state index contributed by atoms with van der Waals surface area (Å²) in [5.74, 6) is 0.0401. The van der Waals surface area contributed by atoms with Gasteiger partial charge in [0.2, 0.25) is 0 Å². The van der Waals surface area contributed by atoms with Crippen molar-refractivity contribution < 1.29 is 50.7 Å². The van der Waals surface area contributed by atoms with E-state index in [1.807, 2.05) is 41.5 Å². The maximum absolute atomic E-state index is 11.9. The van der Waals surface area contributed by atoms with E-state index in [1.54, 1.807) is 18.7 Å². The average Bonchev–Trinajstić information content (AvgIpc) is 3.48. The zero-order valence-electron chi connectivity index (χ0n) is 27.1. The van der Waals surface area contributed by atoms with Crippen LogP contribution in [-0.4, -0.2) is 111 Å². The van der Waals surface area contributed by atoms with Crippen molar-refractivity contribution in [3.8, 4) is 0 Å². The first-order chi connectivity index (χ1) is 16.4. The topological polar surface area (TPSA) is 106 Å². The van der Waals surface area contributed by atoms with E-state index >= 15 is 0 Å². The molecule has 2 amide bonds. The van der Waals surface area contributed by atoms with Crippen molar-refractivity contribution >= 4 is 68.0 Å². The standard InChI is InChI=1S/C12H23NO3.C11H19NO3.C4H8O.CH3.BrH.Mg.2H2S/c1-11(2,3)16-10(14)13-8-6-7-9(13)12(4,5)15;1-8(13)9-6-5-7-12(9)10(14)15-11(2,3)4;1-2-4-5-3-1;;;;;/h9,15H,6-8H2,1-5H3;9H,5-7H2,1-4H3;1-4H2;1H3;1H;;2*1H2/q;;;-1;;+2;;/p-1/t2*9-;;;;;;/m00....../s1. The number of halogens is 1. The van der Waals surface area contributed by atoms with Gasteiger partial charge >= 0.3 is 35.2 Å². The molecule has 0 aliphatic carbocycles. The smallest absolute Gasteiger partial charge is 1.00 e. The van der Waals surface area contributed by atoms with E-state index in [0.717, 1.165) is 38.9 Å². The molecule has 2 atom stereocenters. The Morgan fingerprint density at radius 3 is 1.49 bits per heavy atom. The maximum Gasteiger partial charge on any atom is 2.00 e. The number of hydrogen-bond donors (Lipinski definition) is 1. The van der Waals surface area contributed by atoms with Gasteiger partial charge in [-0.2, -0.15) is 27.0 Å². The largest absolute Gasteiger partial charge is 2.00 e. The van der Waals surface area contributed by atoms with Crippen LogP contribution in [0.2, 0.25) is 0 Å². The summed E-state index contributed by atoms with van der Waals surface area (Å²) in [6, 6.07) is -0.415. The number of ketones is 1. The van der Waals surface area contributed by atoms with Crippen LogP contribution >= 0.6 is 27.0 Å². The van der Waals surface area contributed by atoms with Gasteiger partial charge in [0.05, 0.1) is 17.7 Å². The number of aliphatic hydroxyl groups is 1. The summed E-state index contributed by atoms with van der Waals surface area (Å²) in [6.45, 7) is 19.3. The Balaban J connectivity index is -0.000000163. The SMILES string of the molecule is C1CCOC1.CC(=O)[C@@H]1CCCN1C(=O)OC(C)(C)C.CC(C)(C)OC(=O)N1CCC[C@H]1C(C)(C)O.S.S.[Br-].[CH3-].[Mg+2]. The molecule has 3 fully saturated rings. The van der Waals surface area contributed by atoms with Crippen molar-refractivity contribution in [2.24, 2.45) is 0 Å². The van der Waals surface area contributed by atoms with E-state index in [0.29, 0.717) is 13.1 Å². The summed E-state index contributed by atoms with van der Waals surface area (Å²) in [4.78, 5) is 38.1. The maximum atomic E-state index is 11.9. The fourth-order valence-electron chi connectivity index (χ4n) is 4.28. The van der Waals surface area contributed by atoms with Crippen molar-refractivity contribution in [1.82, 2.24) is 9.80 Å². The first-order valence-electron chi connectivity index (χ1n) is 13.2. The third kappa shape index (κ3) is 20.6. The number of carbonyl (C=O) groups is 3. The normalized spacial score (nSPS) is 19.6. The molecule has 0 saturated carbocycles. The number of hydrogen-bond acceptors (Lipinski definition) is 7. The predicted octanol–water partition coefficient (Wildman–Crippen LogP) is 2.23. The number of Topliss-reactive ketones (excluding diaryl/α,β-unsaturated/α-hetero) is 1. The van der Waals surface area contributed by atoms with Crippen LogP contribution in [0.25, 0.3) is 0 Å². The first-order valence-corrected chi connectivity index (χ1v) is 13.2. The van der Waals surface area contributed by atoms with Gasteiger partial charge in [-0.1, -0.05) is 0 Å². The number of amides is 2. The van der Waals surface area contributed by atoms with E-state index in [1.165, 1.54) is 24.7 Å². The molecule has 13 heteroatoms. The zero-order chi connectivity index (χ0) is 27.7. The molecule has 3 rings (SSSR count). The van der Waals surface area contributed by atoms with Crippen LogP contribution in [0, 0.1) is 7.43 Å². The molecule has 0 unspecified atom stereocenters. The van der Waals surface area contributed by atoms with Gasteiger partial charge in [-0.3, -0.25) is 9.69 Å². The molecule has 0 radical (unpaired) electrons. The second kappa shape index (κ2) is 22.6. The Morgan fingerprint density at radius 1 is 0.756 bits per heavy atom. The molecule has 0 spiro atoms. The van der Waals surface area contributed by atoms with E-state index in [2.05, 4.69) is 0 Å². The molecule has 3 heterocycles. The van der Waals surface area contributed by atoms with Crippen LogP contribution < -0.4 is 17.0 Å². The van der Waals surface area contributed by atoms with Gasteiger partial charge in [-0.05, 0) is 101 Å². The van der Waals surface area contributed by atoms with E-state index < -0.39 is 16.8 Å². The van der Waals surface area contributed by atoms with Crippen LogP contribution in [0.1, 0.15) is 101 Å². The van der Waals surface area contributed by atoms with Crippen LogP contribution in [0.3, 0.4) is 0 Å². The molecule has 0 bridgehead atoms. The molecule has 0 aromatic rings. The second-order valence-corrected chi connectivity index (χ2v) is 12.2. The van der Waals surface area contributed by atoms with Gasteiger partial charge < -0.3 is 48.6 Å². The Hall–Kier alpha value is 0.0762. The van der Waals surface area contributed by atoms with Crippen molar-refractivity contribution in [2.45, 2.75) is 130 Å². The molecular weight excluding hydrogens is 645 g/mol. The van der Waals surface area contributed by atoms with Crippen molar-refractivity contribution in [1.29, 1.82) is 0 Å². The van der Waals surface area contributed by atoms with Crippen LogP contribution in [0.15, 0.2) is 0 Å². The van der Waals surface area contributed by atoms with E-state index in [9.17, 15) is 19.5 Å². The van der Waals surface area contributed by atoms with Crippen LogP contribution in [0.4, 0.5) is 9.59 Å². The van der Waals surface area contributed by atoms with Gasteiger partial charge in [-0.15, -0.1) is 0 Å². The summed E-state index contributed by atoms with van der Waals surface area (Å²) < 4.78 is 15.5. The summed E-state index contributed by atoms with van der Waals surface area (Å²) in [5.41, 5.74) is -1.85. The molecule has 242 valence electrons. The number of likely N-dealkylation sites (tertiary alicyclic amines) is 2. The quantitative estimate of drug-likeness (QED) is 0.348. The van der Waals surface area contributed by atoms with Crippen LogP contribution in [0.5, 0.6) is 0 Å². The van der Waals surface area contributed by atoms with Gasteiger partial charge in [0.25, 0.3) is 0 Å². The molecule has 3 aliphatic heterocycles. The molecule has 1 N–H and O–H groups in total. The fourth-order valence-corrected chi connectivity index (χ4v) is 4.28. The minimum atomic E-state index is -0.868.